The molecule has 0 bridgehead atoms. The molecule has 0 fully saturated rings. The molecule has 1 aromatic rings. The number of aliphatic hydroxyl groups is 1. The summed E-state index contributed by atoms with van der Waals surface area (Å²) in [5.41, 5.74) is 4.70. The lowest BCUT2D eigenvalue weighted by molar-refractivity contribution is -0.137. The lowest BCUT2D eigenvalue weighted by Crippen LogP contribution is -2.14. The molecule has 0 saturated heterocycles. The Hall–Kier alpha value is -1.54. The number of anilines is 2. The number of hydrogen-bond acceptors (Lipinski definition) is 5. The van der Waals surface area contributed by atoms with Gasteiger partial charge in [-0.15, -0.1) is 0 Å². The van der Waals surface area contributed by atoms with Crippen molar-refractivity contribution in [2.24, 2.45) is 0 Å². The molecule has 1 rings (SSSR count). The first-order valence-corrected chi connectivity index (χ1v) is 5.20. The van der Waals surface area contributed by atoms with Crippen molar-refractivity contribution in [3.63, 3.8) is 0 Å². The topological polar surface area (TPSA) is 80.4 Å². The highest BCUT2D eigenvalue weighted by Crippen LogP contribution is 2.31. The zero-order valence-corrected chi connectivity index (χ0v) is 9.50. The maximum absolute atomic E-state index is 12.4. The molecule has 0 aliphatic rings. The number of nitrogens with zero attached hydrogens (tertiary/aromatic N) is 1. The number of pyridine rings is 1. The molecular formula is C10H14F3N3O2. The Morgan fingerprint density at radius 1 is 1.39 bits per heavy atom. The second-order valence-electron chi connectivity index (χ2n) is 3.42. The first-order chi connectivity index (χ1) is 8.45. The number of nitrogen functional groups attached to an aromatic ring is 1. The summed E-state index contributed by atoms with van der Waals surface area (Å²) >= 11 is 0. The fraction of sp³-hybridized carbons (Fsp3) is 0.500. The zero-order chi connectivity index (χ0) is 13.6. The lowest BCUT2D eigenvalue weighted by Gasteiger charge is -2.12. The van der Waals surface area contributed by atoms with Crippen molar-refractivity contribution in [3.05, 3.63) is 17.8 Å². The normalized spacial score (nSPS) is 11.6. The van der Waals surface area contributed by atoms with Crippen LogP contribution in [-0.4, -0.2) is 36.5 Å². The van der Waals surface area contributed by atoms with Crippen molar-refractivity contribution in [1.29, 1.82) is 0 Å². The Balaban J connectivity index is 2.59. The van der Waals surface area contributed by atoms with Crippen molar-refractivity contribution in [2.75, 3.05) is 37.4 Å². The Morgan fingerprint density at radius 2 is 2.11 bits per heavy atom. The number of hydrogen-bond donors (Lipinski definition) is 3. The van der Waals surface area contributed by atoms with E-state index < -0.39 is 11.7 Å². The van der Waals surface area contributed by atoms with E-state index in [4.69, 9.17) is 15.6 Å². The van der Waals surface area contributed by atoms with E-state index in [1.165, 1.54) is 0 Å². The Morgan fingerprint density at radius 3 is 2.72 bits per heavy atom. The molecule has 1 aromatic heterocycles. The summed E-state index contributed by atoms with van der Waals surface area (Å²) in [7, 11) is 0. The van der Waals surface area contributed by atoms with E-state index in [9.17, 15) is 13.2 Å². The van der Waals surface area contributed by atoms with E-state index in [-0.39, 0.29) is 37.9 Å². The van der Waals surface area contributed by atoms with Gasteiger partial charge in [-0.25, -0.2) is 4.98 Å². The van der Waals surface area contributed by atoms with Crippen LogP contribution in [0.3, 0.4) is 0 Å². The van der Waals surface area contributed by atoms with Crippen LogP contribution in [-0.2, 0) is 10.9 Å². The Bertz CT molecular complexity index is 385. The summed E-state index contributed by atoms with van der Waals surface area (Å²) in [4.78, 5) is 3.48. The molecule has 0 aliphatic carbocycles. The molecule has 0 saturated carbocycles. The molecular weight excluding hydrogens is 251 g/mol. The van der Waals surface area contributed by atoms with Gasteiger partial charge in [0, 0.05) is 12.7 Å². The third kappa shape index (κ3) is 4.38. The number of halogens is 3. The van der Waals surface area contributed by atoms with Crippen molar-refractivity contribution >= 4 is 11.5 Å². The molecule has 5 nitrogen and oxygen atoms in total. The molecule has 102 valence electrons. The summed E-state index contributed by atoms with van der Waals surface area (Å²) < 4.78 is 42.2. The van der Waals surface area contributed by atoms with E-state index in [0.29, 0.717) is 6.20 Å². The molecule has 0 radical (unpaired) electrons. The second-order valence-corrected chi connectivity index (χ2v) is 3.42. The summed E-state index contributed by atoms with van der Waals surface area (Å²) in [6, 6.07) is 0.897. The number of aromatic nitrogens is 1. The average Bonchev–Trinajstić information content (AvgIpc) is 2.29. The summed E-state index contributed by atoms with van der Waals surface area (Å²) in [5, 5.41) is 11.1. The second kappa shape index (κ2) is 6.41. The van der Waals surface area contributed by atoms with Gasteiger partial charge < -0.3 is 20.9 Å². The van der Waals surface area contributed by atoms with E-state index >= 15 is 0 Å². The van der Waals surface area contributed by atoms with Crippen LogP contribution in [0.2, 0.25) is 0 Å². The van der Waals surface area contributed by atoms with Gasteiger partial charge in [0.25, 0.3) is 0 Å². The van der Waals surface area contributed by atoms with Gasteiger partial charge in [-0.2, -0.15) is 13.2 Å². The predicted octanol–water partition coefficient (Wildman–Crippen LogP) is 1.10. The average molecular weight is 265 g/mol. The van der Waals surface area contributed by atoms with E-state index in [0.717, 1.165) is 6.07 Å². The monoisotopic (exact) mass is 265 g/mol. The number of ether oxygens (including phenoxy) is 1. The van der Waals surface area contributed by atoms with Gasteiger partial charge in [-0.3, -0.25) is 0 Å². The molecule has 0 amide bonds. The molecule has 0 unspecified atom stereocenters. The molecule has 4 N–H and O–H groups in total. The minimum Gasteiger partial charge on any atom is -0.394 e. The van der Waals surface area contributed by atoms with Crippen LogP contribution in [0.1, 0.15) is 5.56 Å². The zero-order valence-electron chi connectivity index (χ0n) is 9.50. The molecule has 0 aromatic carbocycles. The first kappa shape index (κ1) is 14.5. The van der Waals surface area contributed by atoms with Gasteiger partial charge in [0.05, 0.1) is 31.1 Å². The van der Waals surface area contributed by atoms with Crippen LogP contribution in [0, 0.1) is 0 Å². The molecule has 0 aliphatic heterocycles. The first-order valence-electron chi connectivity index (χ1n) is 5.20. The number of nitrogens with two attached hydrogens (primary N) is 1. The molecule has 0 atom stereocenters. The predicted molar refractivity (Wildman–Crippen MR) is 60.0 cm³/mol. The van der Waals surface area contributed by atoms with E-state index in [1.807, 2.05) is 0 Å². The van der Waals surface area contributed by atoms with Gasteiger partial charge in [-0.1, -0.05) is 0 Å². The third-order valence-corrected chi connectivity index (χ3v) is 2.04. The van der Waals surface area contributed by atoms with Crippen LogP contribution in [0.25, 0.3) is 0 Å². The van der Waals surface area contributed by atoms with Gasteiger partial charge >= 0.3 is 6.18 Å². The van der Waals surface area contributed by atoms with Gasteiger partial charge in [-0.05, 0) is 6.07 Å². The van der Waals surface area contributed by atoms with Crippen molar-refractivity contribution in [2.45, 2.75) is 6.18 Å². The largest absolute Gasteiger partial charge is 0.417 e. The minimum atomic E-state index is -4.45. The Labute approximate surface area is 102 Å². The maximum Gasteiger partial charge on any atom is 0.417 e. The molecule has 0 spiro atoms. The van der Waals surface area contributed by atoms with Gasteiger partial charge in [0.2, 0.25) is 0 Å². The number of aliphatic hydroxyl groups excluding tert-OH is 1. The van der Waals surface area contributed by atoms with Gasteiger partial charge in [0.1, 0.15) is 5.82 Å². The van der Waals surface area contributed by atoms with Crippen molar-refractivity contribution < 1.29 is 23.0 Å². The quantitative estimate of drug-likeness (QED) is 0.671. The maximum atomic E-state index is 12.4. The highest BCUT2D eigenvalue weighted by atomic mass is 19.4. The SMILES string of the molecule is Nc1ncc(C(F)(F)F)cc1NCCOCCO. The number of alkyl halides is 3. The number of nitrogens with one attached hydrogen (secondary N) is 1. The summed E-state index contributed by atoms with van der Waals surface area (Å²) in [6.45, 7) is 0.592. The highest BCUT2D eigenvalue weighted by Gasteiger charge is 2.31. The summed E-state index contributed by atoms with van der Waals surface area (Å²) in [6.07, 6.45) is -3.77. The fourth-order valence-corrected chi connectivity index (χ4v) is 1.20. The van der Waals surface area contributed by atoms with Crippen LogP contribution in [0.5, 0.6) is 0 Å². The highest BCUT2D eigenvalue weighted by molar-refractivity contribution is 5.62. The summed E-state index contributed by atoms with van der Waals surface area (Å²) in [5.74, 6) is -0.00911. The Kier molecular flexibility index (Phi) is 5.17. The smallest absolute Gasteiger partial charge is 0.394 e. The fourth-order valence-electron chi connectivity index (χ4n) is 1.20. The van der Waals surface area contributed by atoms with E-state index in [1.54, 1.807) is 0 Å². The third-order valence-electron chi connectivity index (χ3n) is 2.04. The van der Waals surface area contributed by atoms with Crippen molar-refractivity contribution in [3.8, 4) is 0 Å². The minimum absolute atomic E-state index is 0.00911. The molecule has 1 heterocycles. The standard InChI is InChI=1S/C10H14F3N3O2/c11-10(12,13)7-5-8(9(14)16-6-7)15-1-3-18-4-2-17/h5-6,15,17H,1-4H2,(H2,14,16). The van der Waals surface area contributed by atoms with E-state index in [2.05, 4.69) is 10.3 Å². The number of rotatable bonds is 6. The van der Waals surface area contributed by atoms with Crippen LogP contribution in [0.15, 0.2) is 12.3 Å². The molecule has 18 heavy (non-hydrogen) atoms. The van der Waals surface area contributed by atoms with Crippen LogP contribution >= 0.6 is 0 Å². The van der Waals surface area contributed by atoms with Gasteiger partial charge in [0.15, 0.2) is 0 Å². The van der Waals surface area contributed by atoms with Crippen LogP contribution < -0.4 is 11.1 Å². The lowest BCUT2D eigenvalue weighted by atomic mass is 10.2. The van der Waals surface area contributed by atoms with Crippen molar-refractivity contribution in [1.82, 2.24) is 4.98 Å². The van der Waals surface area contributed by atoms with Crippen LogP contribution in [0.4, 0.5) is 24.7 Å². The molecule has 8 heteroatoms.